The third kappa shape index (κ3) is 7.57. The molecule has 0 bridgehead atoms. The molecule has 4 unspecified atom stereocenters. The fourth-order valence-electron chi connectivity index (χ4n) is 1.18. The van der Waals surface area contributed by atoms with E-state index in [4.69, 9.17) is 25.2 Å². The molecule has 1 aliphatic rings. The number of aliphatic hydroxyl groups is 4. The van der Waals surface area contributed by atoms with Crippen molar-refractivity contribution in [2.75, 3.05) is 13.2 Å². The quantitative estimate of drug-likeness (QED) is 0.336. The molecule has 0 spiro atoms. The summed E-state index contributed by atoms with van der Waals surface area (Å²) in [5, 5.41) is 36.2. The van der Waals surface area contributed by atoms with E-state index < -0.39 is 30.4 Å². The zero-order chi connectivity index (χ0) is 16.3. The van der Waals surface area contributed by atoms with Gasteiger partial charge < -0.3 is 34.7 Å². The predicted molar refractivity (Wildman–Crippen MR) is 71.0 cm³/mol. The molecule has 0 aromatic carbocycles. The topological polar surface area (TPSA) is 134 Å². The smallest absolute Gasteiger partial charge is 0.337 e. The largest absolute Gasteiger partial charge is 0.497 e. The lowest BCUT2D eigenvalue weighted by Crippen LogP contribution is -2.48. The number of hydrogen-bond acceptors (Lipinski definition) is 8. The molecule has 8 nitrogen and oxygen atoms in total. The van der Waals surface area contributed by atoms with Crippen molar-refractivity contribution >= 4 is 12.3 Å². The number of allylic oxidation sites excluding steroid dienone is 2. The first kappa shape index (κ1) is 19.3. The Hall–Kier alpha value is -1.74. The molecule has 0 aromatic heterocycles. The Labute approximate surface area is 121 Å². The minimum Gasteiger partial charge on any atom is -0.497 e. The molecule has 0 radical (unpaired) electrons. The molecule has 0 fully saturated rings. The second kappa shape index (κ2) is 11.0. The number of esters is 1. The van der Waals surface area contributed by atoms with Gasteiger partial charge in [-0.2, -0.15) is 0 Å². The molecule has 21 heavy (non-hydrogen) atoms. The summed E-state index contributed by atoms with van der Waals surface area (Å²) in [4.78, 5) is 20.9. The van der Waals surface area contributed by atoms with Crippen LogP contribution in [0.5, 0.6) is 0 Å². The summed E-state index contributed by atoms with van der Waals surface area (Å²) in [5.41, 5.74) is 0. The highest BCUT2D eigenvalue weighted by Gasteiger charge is 2.35. The Kier molecular flexibility index (Phi) is 10.1. The highest BCUT2D eigenvalue weighted by atomic mass is 16.5. The van der Waals surface area contributed by atoms with Crippen molar-refractivity contribution in [2.24, 2.45) is 0 Å². The van der Waals surface area contributed by atoms with Crippen LogP contribution < -0.4 is 0 Å². The van der Waals surface area contributed by atoms with Crippen molar-refractivity contribution in [3.8, 4) is 0 Å². The first-order valence-corrected chi connectivity index (χ1v) is 6.23. The van der Waals surface area contributed by atoms with Crippen LogP contribution in [-0.2, 0) is 19.1 Å². The van der Waals surface area contributed by atoms with E-state index in [0.717, 1.165) is 6.61 Å². The maximum Gasteiger partial charge on any atom is 0.337 e. The third-order valence-corrected chi connectivity index (χ3v) is 2.31. The van der Waals surface area contributed by atoms with Gasteiger partial charge in [-0.1, -0.05) is 6.08 Å². The molecule has 4 atom stereocenters. The van der Waals surface area contributed by atoms with Gasteiger partial charge in [0.15, 0.2) is 12.4 Å². The molecule has 0 amide bonds. The molecule has 4 N–H and O–H groups in total. The highest BCUT2D eigenvalue weighted by Crippen LogP contribution is 2.05. The summed E-state index contributed by atoms with van der Waals surface area (Å²) in [6.45, 7) is 2.22. The van der Waals surface area contributed by atoms with Crippen LogP contribution in [0.2, 0.25) is 0 Å². The predicted octanol–water partition coefficient (Wildman–Crippen LogP) is -1.72. The Bertz CT molecular complexity index is 353. The van der Waals surface area contributed by atoms with E-state index in [9.17, 15) is 9.59 Å². The Balaban J connectivity index is 0.000000547. The molecule has 1 rings (SSSR count). The van der Waals surface area contributed by atoms with Crippen molar-refractivity contribution in [1.82, 2.24) is 0 Å². The van der Waals surface area contributed by atoms with Gasteiger partial charge in [0.05, 0.1) is 12.9 Å². The minimum atomic E-state index is -2.01. The van der Waals surface area contributed by atoms with Crippen molar-refractivity contribution < 1.29 is 39.5 Å². The van der Waals surface area contributed by atoms with Crippen LogP contribution >= 0.6 is 0 Å². The van der Waals surface area contributed by atoms with Gasteiger partial charge in [-0.05, 0) is 19.1 Å². The van der Waals surface area contributed by atoms with E-state index in [1.165, 1.54) is 6.92 Å². The van der Waals surface area contributed by atoms with Crippen LogP contribution in [0.15, 0.2) is 24.5 Å². The molecule has 1 heterocycles. The standard InChI is InChI=1S/C8H14O7.C5H6O/c1-2-15-8(14)7(13)6(12)5(11)4(10)3-9;1-2-4-6-5-3-1/h3-7,10-13H,2H2,1H3;1-4H,5H2. The number of ether oxygens (including phenoxy) is 2. The van der Waals surface area contributed by atoms with Crippen LogP contribution in [0.4, 0.5) is 0 Å². The maximum atomic E-state index is 10.9. The zero-order valence-electron chi connectivity index (χ0n) is 11.5. The van der Waals surface area contributed by atoms with E-state index >= 15 is 0 Å². The van der Waals surface area contributed by atoms with Gasteiger partial charge in [-0.25, -0.2) is 4.79 Å². The first-order chi connectivity index (χ1) is 9.95. The Morgan fingerprint density at radius 2 is 1.95 bits per heavy atom. The normalized spacial score (nSPS) is 18.3. The van der Waals surface area contributed by atoms with Gasteiger partial charge >= 0.3 is 5.97 Å². The van der Waals surface area contributed by atoms with Crippen molar-refractivity contribution in [3.63, 3.8) is 0 Å². The van der Waals surface area contributed by atoms with E-state index in [1.807, 2.05) is 18.2 Å². The molecular weight excluding hydrogens is 284 g/mol. The van der Waals surface area contributed by atoms with Gasteiger partial charge in [0.25, 0.3) is 0 Å². The van der Waals surface area contributed by atoms with Crippen molar-refractivity contribution in [3.05, 3.63) is 24.5 Å². The van der Waals surface area contributed by atoms with E-state index in [2.05, 4.69) is 4.74 Å². The zero-order valence-corrected chi connectivity index (χ0v) is 11.5. The molecule has 0 aromatic rings. The lowest BCUT2D eigenvalue weighted by Gasteiger charge is -2.22. The number of carbonyl (C=O) groups excluding carboxylic acids is 2. The Morgan fingerprint density at radius 1 is 1.29 bits per heavy atom. The minimum absolute atomic E-state index is 0.00502. The van der Waals surface area contributed by atoms with Crippen LogP contribution in [0.3, 0.4) is 0 Å². The lowest BCUT2D eigenvalue weighted by molar-refractivity contribution is -0.169. The lowest BCUT2D eigenvalue weighted by atomic mass is 10.0. The second-order valence-electron chi connectivity index (χ2n) is 3.89. The Morgan fingerprint density at radius 3 is 2.29 bits per heavy atom. The van der Waals surface area contributed by atoms with Crippen molar-refractivity contribution in [2.45, 2.75) is 31.3 Å². The van der Waals surface area contributed by atoms with E-state index in [-0.39, 0.29) is 12.9 Å². The maximum absolute atomic E-state index is 10.9. The van der Waals surface area contributed by atoms with Gasteiger partial charge in [-0.3, -0.25) is 0 Å². The summed E-state index contributed by atoms with van der Waals surface area (Å²) in [6.07, 6.45) is -0.358. The molecular formula is C13H20O8. The third-order valence-electron chi connectivity index (χ3n) is 2.31. The van der Waals surface area contributed by atoms with Gasteiger partial charge in [0.1, 0.15) is 24.9 Å². The number of hydrogen-bond donors (Lipinski definition) is 4. The average molecular weight is 304 g/mol. The fourth-order valence-corrected chi connectivity index (χ4v) is 1.18. The SMILES string of the molecule is C1=CCOC=C1.CCOC(=O)C(O)C(O)C(O)C(O)C=O. The second-order valence-corrected chi connectivity index (χ2v) is 3.89. The number of carbonyl (C=O) groups is 2. The van der Waals surface area contributed by atoms with Crippen LogP contribution in [-0.4, -0.2) is 70.3 Å². The summed E-state index contributed by atoms with van der Waals surface area (Å²) in [5.74, 6) is -1.14. The average Bonchev–Trinajstić information content (AvgIpc) is 2.54. The molecule has 0 saturated heterocycles. The van der Waals surface area contributed by atoms with Crippen LogP contribution in [0.1, 0.15) is 6.92 Å². The summed E-state index contributed by atoms with van der Waals surface area (Å²) >= 11 is 0. The molecule has 0 saturated carbocycles. The highest BCUT2D eigenvalue weighted by molar-refractivity contribution is 5.75. The number of aldehydes is 1. The molecule has 1 aliphatic heterocycles. The summed E-state index contributed by atoms with van der Waals surface area (Å²) in [7, 11) is 0. The number of aliphatic hydroxyl groups excluding tert-OH is 4. The summed E-state index contributed by atoms with van der Waals surface area (Å²) in [6, 6.07) is 0. The fraction of sp³-hybridized carbons (Fsp3) is 0.538. The van der Waals surface area contributed by atoms with Crippen molar-refractivity contribution in [1.29, 1.82) is 0 Å². The van der Waals surface area contributed by atoms with Crippen LogP contribution in [0, 0.1) is 0 Å². The van der Waals surface area contributed by atoms with E-state index in [1.54, 1.807) is 6.26 Å². The molecule has 8 heteroatoms. The molecule has 0 aliphatic carbocycles. The van der Waals surface area contributed by atoms with Crippen LogP contribution in [0.25, 0.3) is 0 Å². The molecule has 120 valence electrons. The van der Waals surface area contributed by atoms with Gasteiger partial charge in [0, 0.05) is 0 Å². The monoisotopic (exact) mass is 304 g/mol. The summed E-state index contributed by atoms with van der Waals surface area (Å²) < 4.78 is 9.16. The van der Waals surface area contributed by atoms with E-state index in [0.29, 0.717) is 0 Å². The number of rotatable bonds is 6. The van der Waals surface area contributed by atoms with Gasteiger partial charge in [0.2, 0.25) is 0 Å². The first-order valence-electron chi connectivity index (χ1n) is 6.23. The van der Waals surface area contributed by atoms with Gasteiger partial charge in [-0.15, -0.1) is 0 Å².